The van der Waals surface area contributed by atoms with Gasteiger partial charge in [0.2, 0.25) is 5.76 Å². The summed E-state index contributed by atoms with van der Waals surface area (Å²) in [5.74, 6) is 1.67. The summed E-state index contributed by atoms with van der Waals surface area (Å²) in [4.78, 5) is 22.4. The number of nitrogens with one attached hydrogen (secondary N) is 1. The topological polar surface area (TPSA) is 70.8 Å². The van der Waals surface area contributed by atoms with Gasteiger partial charge in [-0.05, 0) is 36.4 Å². The number of ether oxygens (including phenoxy) is 1. The van der Waals surface area contributed by atoms with Gasteiger partial charge in [-0.15, -0.1) is 0 Å². The third kappa shape index (κ3) is 4.47. The van der Waals surface area contributed by atoms with Gasteiger partial charge < -0.3 is 24.3 Å². The Bertz CT molecular complexity index is 1280. The highest BCUT2D eigenvalue weighted by Gasteiger charge is 2.22. The largest absolute Gasteiger partial charge is 0.497 e. The van der Waals surface area contributed by atoms with Gasteiger partial charge in [0.15, 0.2) is 0 Å². The van der Waals surface area contributed by atoms with Gasteiger partial charge in [-0.3, -0.25) is 4.79 Å². The summed E-state index contributed by atoms with van der Waals surface area (Å²) >= 11 is 0. The van der Waals surface area contributed by atoms with Gasteiger partial charge in [-0.1, -0.05) is 36.4 Å². The van der Waals surface area contributed by atoms with Crippen LogP contribution in [0.15, 0.2) is 71.3 Å². The summed E-state index contributed by atoms with van der Waals surface area (Å²) in [5, 5.41) is 3.87. The maximum Gasteiger partial charge on any atom is 0.287 e. The maximum absolute atomic E-state index is 13.2. The minimum absolute atomic E-state index is 0.267. The molecule has 0 aliphatic carbocycles. The number of benzene rings is 2. The zero-order valence-corrected chi connectivity index (χ0v) is 19.5. The molecular formula is C27H28N4O3. The first-order valence-electron chi connectivity index (χ1n) is 11.4. The molecule has 1 fully saturated rings. The zero-order valence-electron chi connectivity index (χ0n) is 19.5. The van der Waals surface area contributed by atoms with E-state index in [0.717, 1.165) is 54.1 Å². The monoisotopic (exact) mass is 456 g/mol. The lowest BCUT2D eigenvalue weighted by molar-refractivity contribution is 0.0926. The number of carbonyl (C=O) groups is 1. The highest BCUT2D eigenvalue weighted by atomic mass is 16.5. The second-order valence-electron chi connectivity index (χ2n) is 8.53. The molecule has 1 aliphatic rings. The van der Waals surface area contributed by atoms with Gasteiger partial charge in [0.1, 0.15) is 17.2 Å². The van der Waals surface area contributed by atoms with E-state index in [1.54, 1.807) is 13.2 Å². The molecule has 7 nitrogen and oxygen atoms in total. The molecule has 2 aromatic carbocycles. The Morgan fingerprint density at radius 1 is 1.06 bits per heavy atom. The average Bonchev–Trinajstić information content (AvgIpc) is 3.27. The minimum Gasteiger partial charge on any atom is -0.497 e. The van der Waals surface area contributed by atoms with Crippen molar-refractivity contribution in [2.24, 2.45) is 0 Å². The lowest BCUT2D eigenvalue weighted by Gasteiger charge is -2.33. The number of aromatic nitrogens is 1. The number of rotatable bonds is 6. The Labute approximate surface area is 198 Å². The molecule has 0 atom stereocenters. The van der Waals surface area contributed by atoms with Crippen LogP contribution >= 0.6 is 0 Å². The van der Waals surface area contributed by atoms with Gasteiger partial charge >= 0.3 is 0 Å². The molecule has 174 valence electrons. The van der Waals surface area contributed by atoms with E-state index in [4.69, 9.17) is 9.15 Å². The van der Waals surface area contributed by atoms with Gasteiger partial charge in [-0.2, -0.15) is 0 Å². The summed E-state index contributed by atoms with van der Waals surface area (Å²) in [6.07, 6.45) is 1.83. The van der Waals surface area contributed by atoms with E-state index in [1.807, 2.05) is 60.8 Å². The number of hydrogen-bond donors (Lipinski definition) is 1. The normalized spacial score (nSPS) is 14.4. The summed E-state index contributed by atoms with van der Waals surface area (Å²) in [5.41, 5.74) is 3.25. The van der Waals surface area contributed by atoms with Crippen molar-refractivity contribution >= 4 is 22.7 Å². The Hall–Kier alpha value is -3.84. The number of piperazine rings is 1. The number of pyridine rings is 1. The van der Waals surface area contributed by atoms with E-state index in [0.29, 0.717) is 17.9 Å². The van der Waals surface area contributed by atoms with E-state index < -0.39 is 0 Å². The van der Waals surface area contributed by atoms with Gasteiger partial charge in [0, 0.05) is 55.9 Å². The number of anilines is 1. The molecule has 0 radical (unpaired) electrons. The van der Waals surface area contributed by atoms with Crippen LogP contribution in [-0.2, 0) is 6.54 Å². The number of fused-ring (bicyclic) bond motifs is 1. The number of amides is 1. The fourth-order valence-corrected chi connectivity index (χ4v) is 4.26. The molecule has 0 bridgehead atoms. The zero-order chi connectivity index (χ0) is 23.5. The second kappa shape index (κ2) is 9.57. The number of hydrogen-bond acceptors (Lipinski definition) is 6. The SMILES string of the molecule is COc1ccc2c(-c3ccccc3)c(C(=O)NCc3ccc(N4CCN(C)CC4)nc3)oc2c1. The van der Waals surface area contributed by atoms with Crippen molar-refractivity contribution in [2.75, 3.05) is 45.2 Å². The van der Waals surface area contributed by atoms with Crippen LogP contribution < -0.4 is 15.0 Å². The molecule has 1 aliphatic heterocycles. The highest BCUT2D eigenvalue weighted by molar-refractivity contribution is 6.08. The Kier molecular flexibility index (Phi) is 6.18. The summed E-state index contributed by atoms with van der Waals surface area (Å²) in [6, 6.07) is 19.5. The van der Waals surface area contributed by atoms with Crippen molar-refractivity contribution in [1.82, 2.24) is 15.2 Å². The molecule has 0 saturated carbocycles. The third-order valence-corrected chi connectivity index (χ3v) is 6.26. The summed E-state index contributed by atoms with van der Waals surface area (Å²) < 4.78 is 11.4. The van der Waals surface area contributed by atoms with E-state index in [2.05, 4.69) is 27.1 Å². The van der Waals surface area contributed by atoms with Crippen molar-refractivity contribution in [3.63, 3.8) is 0 Å². The lowest BCUT2D eigenvalue weighted by Crippen LogP contribution is -2.44. The standard InChI is InChI=1S/C27H28N4O3/c1-30-12-14-31(15-13-30)24-11-8-19(17-28-24)18-29-27(32)26-25(20-6-4-3-5-7-20)22-10-9-21(33-2)16-23(22)34-26/h3-11,16-17H,12-15,18H2,1-2H3,(H,29,32). The maximum atomic E-state index is 13.2. The fraction of sp³-hybridized carbons (Fsp3) is 0.259. The quantitative estimate of drug-likeness (QED) is 0.469. The van der Waals surface area contributed by atoms with Gasteiger partial charge in [0.25, 0.3) is 5.91 Å². The molecule has 7 heteroatoms. The van der Waals surface area contributed by atoms with E-state index in [1.165, 1.54) is 0 Å². The lowest BCUT2D eigenvalue weighted by atomic mass is 10.0. The van der Waals surface area contributed by atoms with Gasteiger partial charge in [0.05, 0.1) is 7.11 Å². The molecule has 2 aromatic heterocycles. The van der Waals surface area contributed by atoms with Crippen molar-refractivity contribution in [1.29, 1.82) is 0 Å². The van der Waals surface area contributed by atoms with Gasteiger partial charge in [-0.25, -0.2) is 4.98 Å². The van der Waals surface area contributed by atoms with Crippen molar-refractivity contribution in [3.05, 3.63) is 78.2 Å². The van der Waals surface area contributed by atoms with Crippen molar-refractivity contribution < 1.29 is 13.9 Å². The molecule has 34 heavy (non-hydrogen) atoms. The minimum atomic E-state index is -0.267. The average molecular weight is 457 g/mol. The van der Waals surface area contributed by atoms with Crippen LogP contribution in [0.5, 0.6) is 5.75 Å². The molecule has 4 aromatic rings. The van der Waals surface area contributed by atoms with Crippen LogP contribution in [0.25, 0.3) is 22.1 Å². The molecule has 0 spiro atoms. The predicted octanol–water partition coefficient (Wildman–Crippen LogP) is 4.19. The van der Waals surface area contributed by atoms with Crippen LogP contribution in [-0.4, -0.2) is 56.1 Å². The molecule has 1 N–H and O–H groups in total. The Balaban J connectivity index is 1.35. The number of nitrogens with zero attached hydrogens (tertiary/aromatic N) is 3. The smallest absolute Gasteiger partial charge is 0.287 e. The summed E-state index contributed by atoms with van der Waals surface area (Å²) in [7, 11) is 3.75. The first-order chi connectivity index (χ1) is 16.6. The van der Waals surface area contributed by atoms with Crippen molar-refractivity contribution in [2.45, 2.75) is 6.54 Å². The number of carbonyl (C=O) groups excluding carboxylic acids is 1. The van der Waals surface area contributed by atoms with Crippen LogP contribution in [0.3, 0.4) is 0 Å². The van der Waals surface area contributed by atoms with E-state index in [9.17, 15) is 4.79 Å². The fourth-order valence-electron chi connectivity index (χ4n) is 4.26. The van der Waals surface area contributed by atoms with Crippen LogP contribution in [0.1, 0.15) is 16.1 Å². The molecular weight excluding hydrogens is 428 g/mol. The number of methoxy groups -OCH3 is 1. The van der Waals surface area contributed by atoms with Crippen molar-refractivity contribution in [3.8, 4) is 16.9 Å². The van der Waals surface area contributed by atoms with E-state index >= 15 is 0 Å². The molecule has 5 rings (SSSR count). The van der Waals surface area contributed by atoms with Crippen LogP contribution in [0, 0.1) is 0 Å². The number of furan rings is 1. The number of likely N-dealkylation sites (N-methyl/N-ethyl adjacent to an activating group) is 1. The summed E-state index contributed by atoms with van der Waals surface area (Å²) in [6.45, 7) is 4.38. The Morgan fingerprint density at radius 2 is 1.85 bits per heavy atom. The third-order valence-electron chi connectivity index (χ3n) is 6.26. The predicted molar refractivity (Wildman–Crippen MR) is 133 cm³/mol. The highest BCUT2D eigenvalue weighted by Crippen LogP contribution is 2.36. The Morgan fingerprint density at radius 3 is 2.56 bits per heavy atom. The molecule has 3 heterocycles. The second-order valence-corrected chi connectivity index (χ2v) is 8.53. The molecule has 0 unspecified atom stereocenters. The molecule has 1 amide bonds. The van der Waals surface area contributed by atoms with Crippen LogP contribution in [0.2, 0.25) is 0 Å². The first-order valence-corrected chi connectivity index (χ1v) is 11.4. The first kappa shape index (κ1) is 22.0. The molecule has 1 saturated heterocycles. The van der Waals surface area contributed by atoms with Crippen LogP contribution in [0.4, 0.5) is 5.82 Å². The van der Waals surface area contributed by atoms with E-state index in [-0.39, 0.29) is 11.7 Å².